The van der Waals surface area contributed by atoms with Crippen LogP contribution in [-0.4, -0.2) is 37.4 Å². The molecule has 1 aromatic carbocycles. The smallest absolute Gasteiger partial charge is 0.231 e. The summed E-state index contributed by atoms with van der Waals surface area (Å²) in [6, 6.07) is 8.39. The number of benzene rings is 1. The highest BCUT2D eigenvalue weighted by atomic mass is 16.7. The van der Waals surface area contributed by atoms with Gasteiger partial charge in [-0.1, -0.05) is 6.07 Å². The maximum atomic E-state index is 9.48. The summed E-state index contributed by atoms with van der Waals surface area (Å²) in [5.41, 5.74) is 0.714. The number of fused-ring (bicyclic) bond motifs is 1. The molecule has 20 heavy (non-hydrogen) atoms. The molecule has 0 aromatic heterocycles. The standard InChI is InChI=1S/C15H19N3O2/c1-18-6-4-15(10-16,5-7-18)17-9-12-2-3-13-14(8-12)20-11-19-13/h2-3,8,17H,4-7,9,11H2,1H3. The van der Waals surface area contributed by atoms with E-state index < -0.39 is 5.54 Å². The largest absolute Gasteiger partial charge is 0.454 e. The van der Waals surface area contributed by atoms with Crippen molar-refractivity contribution in [1.29, 1.82) is 5.26 Å². The van der Waals surface area contributed by atoms with E-state index in [0.29, 0.717) is 13.3 Å². The predicted molar refractivity (Wildman–Crippen MR) is 74.5 cm³/mol. The molecule has 0 bridgehead atoms. The average molecular weight is 273 g/mol. The molecule has 5 heteroatoms. The molecule has 2 heterocycles. The van der Waals surface area contributed by atoms with Crippen molar-refractivity contribution in [1.82, 2.24) is 10.2 Å². The van der Waals surface area contributed by atoms with Crippen molar-refractivity contribution in [3.63, 3.8) is 0 Å². The van der Waals surface area contributed by atoms with Gasteiger partial charge in [0, 0.05) is 19.6 Å². The molecule has 1 aromatic rings. The van der Waals surface area contributed by atoms with Crippen LogP contribution in [-0.2, 0) is 6.54 Å². The number of likely N-dealkylation sites (tertiary alicyclic amines) is 1. The number of nitrogens with one attached hydrogen (secondary N) is 1. The fraction of sp³-hybridized carbons (Fsp3) is 0.533. The van der Waals surface area contributed by atoms with Gasteiger partial charge in [-0.05, 0) is 37.6 Å². The van der Waals surface area contributed by atoms with Crippen LogP contribution in [0.1, 0.15) is 18.4 Å². The molecule has 106 valence electrons. The summed E-state index contributed by atoms with van der Waals surface area (Å²) < 4.78 is 10.7. The molecule has 0 atom stereocenters. The predicted octanol–water partition coefficient (Wildman–Crippen LogP) is 1.49. The molecule has 0 radical (unpaired) electrons. The van der Waals surface area contributed by atoms with Gasteiger partial charge in [0.1, 0.15) is 5.54 Å². The number of piperidine rings is 1. The topological polar surface area (TPSA) is 57.5 Å². The molecule has 0 aliphatic carbocycles. The lowest BCUT2D eigenvalue weighted by Gasteiger charge is -2.36. The van der Waals surface area contributed by atoms with Crippen molar-refractivity contribution in [3.8, 4) is 17.6 Å². The highest BCUT2D eigenvalue weighted by molar-refractivity contribution is 5.44. The Bertz CT molecular complexity index is 530. The van der Waals surface area contributed by atoms with Crippen molar-refractivity contribution in [3.05, 3.63) is 23.8 Å². The monoisotopic (exact) mass is 273 g/mol. The van der Waals surface area contributed by atoms with E-state index in [-0.39, 0.29) is 0 Å². The molecular weight excluding hydrogens is 254 g/mol. The zero-order valence-electron chi connectivity index (χ0n) is 11.7. The third-order valence-corrected chi connectivity index (χ3v) is 4.12. The number of hydrogen-bond acceptors (Lipinski definition) is 5. The lowest BCUT2D eigenvalue weighted by atomic mass is 9.89. The quantitative estimate of drug-likeness (QED) is 0.904. The molecule has 0 spiro atoms. The fourth-order valence-corrected chi connectivity index (χ4v) is 2.65. The zero-order valence-corrected chi connectivity index (χ0v) is 11.7. The first-order valence-electron chi connectivity index (χ1n) is 6.94. The number of rotatable bonds is 3. The van der Waals surface area contributed by atoms with Gasteiger partial charge in [-0.2, -0.15) is 5.26 Å². The van der Waals surface area contributed by atoms with Crippen molar-refractivity contribution >= 4 is 0 Å². The first-order valence-corrected chi connectivity index (χ1v) is 6.94. The Morgan fingerprint density at radius 1 is 1.30 bits per heavy atom. The summed E-state index contributed by atoms with van der Waals surface area (Å²) in [5.74, 6) is 1.58. The molecule has 2 aliphatic rings. The molecule has 0 saturated carbocycles. The Balaban J connectivity index is 1.65. The van der Waals surface area contributed by atoms with Crippen molar-refractivity contribution in [2.75, 3.05) is 26.9 Å². The maximum absolute atomic E-state index is 9.48. The van der Waals surface area contributed by atoms with E-state index in [1.54, 1.807) is 0 Å². The summed E-state index contributed by atoms with van der Waals surface area (Å²) in [4.78, 5) is 2.26. The summed E-state index contributed by atoms with van der Waals surface area (Å²) in [6.07, 6.45) is 1.73. The van der Waals surface area contributed by atoms with Gasteiger partial charge in [0.25, 0.3) is 0 Å². The highest BCUT2D eigenvalue weighted by Crippen LogP contribution is 2.32. The van der Waals surface area contributed by atoms with E-state index >= 15 is 0 Å². The van der Waals surface area contributed by atoms with Crippen LogP contribution in [0.4, 0.5) is 0 Å². The van der Waals surface area contributed by atoms with E-state index in [2.05, 4.69) is 23.3 Å². The van der Waals surface area contributed by atoms with Gasteiger partial charge in [0.15, 0.2) is 11.5 Å². The third kappa shape index (κ3) is 2.58. The van der Waals surface area contributed by atoms with Gasteiger partial charge in [-0.15, -0.1) is 0 Å². The molecule has 2 aliphatic heterocycles. The van der Waals surface area contributed by atoms with Crippen LogP contribution < -0.4 is 14.8 Å². The van der Waals surface area contributed by atoms with E-state index in [1.165, 1.54) is 0 Å². The fourth-order valence-electron chi connectivity index (χ4n) is 2.65. The molecule has 1 saturated heterocycles. The number of ether oxygens (including phenoxy) is 2. The summed E-state index contributed by atoms with van der Waals surface area (Å²) in [5, 5.41) is 12.9. The second kappa shape index (κ2) is 5.31. The molecule has 3 rings (SSSR count). The first-order chi connectivity index (χ1) is 9.71. The minimum absolute atomic E-state index is 0.292. The molecule has 1 N–H and O–H groups in total. The zero-order chi connectivity index (χ0) is 14.0. The first kappa shape index (κ1) is 13.2. The molecule has 5 nitrogen and oxygen atoms in total. The SMILES string of the molecule is CN1CCC(C#N)(NCc2ccc3c(c2)OCO3)CC1. The van der Waals surface area contributed by atoms with Gasteiger partial charge in [-0.25, -0.2) is 0 Å². The second-order valence-electron chi connectivity index (χ2n) is 5.54. The van der Waals surface area contributed by atoms with Crippen LogP contribution in [0.15, 0.2) is 18.2 Å². The number of nitriles is 1. The summed E-state index contributed by atoms with van der Waals surface area (Å²) in [7, 11) is 2.10. The van der Waals surface area contributed by atoms with Gasteiger partial charge in [-0.3, -0.25) is 5.32 Å². The van der Waals surface area contributed by atoms with Gasteiger partial charge < -0.3 is 14.4 Å². The Labute approximate surface area is 119 Å². The van der Waals surface area contributed by atoms with E-state index in [4.69, 9.17) is 9.47 Å². The summed E-state index contributed by atoms with van der Waals surface area (Å²) in [6.45, 7) is 2.89. The van der Waals surface area contributed by atoms with Crippen molar-refractivity contribution in [2.24, 2.45) is 0 Å². The Morgan fingerprint density at radius 3 is 2.80 bits per heavy atom. The highest BCUT2D eigenvalue weighted by Gasteiger charge is 2.33. The van der Waals surface area contributed by atoms with Crippen LogP contribution in [0.5, 0.6) is 11.5 Å². The molecular formula is C15H19N3O2. The van der Waals surface area contributed by atoms with Gasteiger partial charge in [0.05, 0.1) is 6.07 Å². The van der Waals surface area contributed by atoms with Crippen LogP contribution in [0, 0.1) is 11.3 Å². The lowest BCUT2D eigenvalue weighted by Crippen LogP contribution is -2.51. The van der Waals surface area contributed by atoms with Gasteiger partial charge in [0.2, 0.25) is 6.79 Å². The Morgan fingerprint density at radius 2 is 2.05 bits per heavy atom. The Kier molecular flexibility index (Phi) is 3.51. The number of hydrogen-bond donors (Lipinski definition) is 1. The molecule has 0 amide bonds. The van der Waals surface area contributed by atoms with Crippen LogP contribution in [0.2, 0.25) is 0 Å². The van der Waals surface area contributed by atoms with Crippen LogP contribution in [0.3, 0.4) is 0 Å². The van der Waals surface area contributed by atoms with Crippen LogP contribution >= 0.6 is 0 Å². The third-order valence-electron chi connectivity index (χ3n) is 4.12. The maximum Gasteiger partial charge on any atom is 0.231 e. The molecule has 1 fully saturated rings. The minimum Gasteiger partial charge on any atom is -0.454 e. The average Bonchev–Trinajstić information content (AvgIpc) is 2.95. The lowest BCUT2D eigenvalue weighted by molar-refractivity contribution is 0.174. The normalized spacial score (nSPS) is 20.6. The van der Waals surface area contributed by atoms with Gasteiger partial charge >= 0.3 is 0 Å². The van der Waals surface area contributed by atoms with Crippen molar-refractivity contribution < 1.29 is 9.47 Å². The van der Waals surface area contributed by atoms with Crippen LogP contribution in [0.25, 0.3) is 0 Å². The van der Waals surface area contributed by atoms with E-state index in [9.17, 15) is 5.26 Å². The minimum atomic E-state index is -0.400. The van der Waals surface area contributed by atoms with E-state index in [0.717, 1.165) is 43.0 Å². The van der Waals surface area contributed by atoms with Crippen molar-refractivity contribution in [2.45, 2.75) is 24.9 Å². The summed E-state index contributed by atoms with van der Waals surface area (Å²) >= 11 is 0. The second-order valence-corrected chi connectivity index (χ2v) is 5.54. The molecule has 0 unspecified atom stereocenters. The number of nitrogens with zero attached hydrogens (tertiary/aromatic N) is 2. The van der Waals surface area contributed by atoms with E-state index in [1.807, 2.05) is 18.2 Å². The Hall–Kier alpha value is -1.77.